The molecule has 164 valence electrons. The van der Waals surface area contributed by atoms with Crippen LogP contribution in [0.4, 0.5) is 5.69 Å². The van der Waals surface area contributed by atoms with Gasteiger partial charge in [0.1, 0.15) is 6.10 Å². The molecule has 0 heterocycles. The zero-order valence-corrected chi connectivity index (χ0v) is 18.5. The first-order valence-electron chi connectivity index (χ1n) is 10.4. The van der Waals surface area contributed by atoms with Gasteiger partial charge in [0.15, 0.2) is 0 Å². The maximum Gasteiger partial charge on any atom is 0.269 e. The summed E-state index contributed by atoms with van der Waals surface area (Å²) in [6, 6.07) is 4.59. The van der Waals surface area contributed by atoms with Crippen molar-refractivity contribution in [1.29, 1.82) is 0 Å². The SMILES string of the molecule is O=C(CCCCCCCCCCCBr)N[C@H](CO)[C@H](O)c1ccc([N+](=O)[O-])cc1. The number of hydrogen-bond donors (Lipinski definition) is 3. The highest BCUT2D eigenvalue weighted by Crippen LogP contribution is 2.20. The fourth-order valence-corrected chi connectivity index (χ4v) is 3.54. The molecule has 0 unspecified atom stereocenters. The normalized spacial score (nSPS) is 13.1. The smallest absolute Gasteiger partial charge is 0.269 e. The van der Waals surface area contributed by atoms with Gasteiger partial charge in [-0.25, -0.2) is 0 Å². The van der Waals surface area contributed by atoms with Crippen molar-refractivity contribution in [3.05, 3.63) is 39.9 Å². The Morgan fingerprint density at radius 2 is 1.52 bits per heavy atom. The molecule has 0 saturated heterocycles. The number of halogens is 1. The molecule has 0 aliphatic rings. The first kappa shape index (κ1) is 25.5. The van der Waals surface area contributed by atoms with Crippen molar-refractivity contribution in [3.63, 3.8) is 0 Å². The first-order chi connectivity index (χ1) is 14.0. The van der Waals surface area contributed by atoms with Gasteiger partial charge in [0.2, 0.25) is 5.91 Å². The summed E-state index contributed by atoms with van der Waals surface area (Å²) in [5.74, 6) is -0.209. The Hall–Kier alpha value is -1.51. The van der Waals surface area contributed by atoms with Crippen LogP contribution in [0.3, 0.4) is 0 Å². The van der Waals surface area contributed by atoms with Crippen LogP contribution in [-0.2, 0) is 4.79 Å². The zero-order valence-electron chi connectivity index (χ0n) is 16.9. The number of nitrogens with zero attached hydrogens (tertiary/aromatic N) is 1. The maximum atomic E-state index is 12.1. The second-order valence-electron chi connectivity index (χ2n) is 7.27. The number of nitro benzene ring substituents is 1. The predicted molar refractivity (Wildman–Crippen MR) is 117 cm³/mol. The summed E-state index contributed by atoms with van der Waals surface area (Å²) < 4.78 is 0. The van der Waals surface area contributed by atoms with Gasteiger partial charge in [0.25, 0.3) is 5.69 Å². The van der Waals surface area contributed by atoms with E-state index in [4.69, 9.17) is 0 Å². The lowest BCUT2D eigenvalue weighted by Gasteiger charge is -2.22. The number of alkyl halides is 1. The number of amides is 1. The second kappa shape index (κ2) is 15.3. The summed E-state index contributed by atoms with van der Waals surface area (Å²) in [4.78, 5) is 22.3. The molecule has 1 aromatic rings. The van der Waals surface area contributed by atoms with Crippen molar-refractivity contribution in [2.75, 3.05) is 11.9 Å². The van der Waals surface area contributed by atoms with E-state index in [0.29, 0.717) is 12.0 Å². The highest BCUT2D eigenvalue weighted by Gasteiger charge is 2.22. The van der Waals surface area contributed by atoms with E-state index in [-0.39, 0.29) is 11.6 Å². The summed E-state index contributed by atoms with van der Waals surface area (Å²) in [5, 5.41) is 34.3. The van der Waals surface area contributed by atoms with Crippen LogP contribution < -0.4 is 5.32 Å². The van der Waals surface area contributed by atoms with Gasteiger partial charge in [-0.2, -0.15) is 0 Å². The molecule has 1 aromatic carbocycles. The van der Waals surface area contributed by atoms with Gasteiger partial charge in [-0.05, 0) is 30.5 Å². The van der Waals surface area contributed by atoms with Gasteiger partial charge in [0, 0.05) is 23.9 Å². The average molecular weight is 473 g/mol. The van der Waals surface area contributed by atoms with Gasteiger partial charge < -0.3 is 15.5 Å². The van der Waals surface area contributed by atoms with E-state index < -0.39 is 23.7 Å². The van der Waals surface area contributed by atoms with Gasteiger partial charge in [-0.1, -0.05) is 60.9 Å². The Morgan fingerprint density at radius 3 is 2.00 bits per heavy atom. The fraction of sp³-hybridized carbons (Fsp3) is 0.667. The van der Waals surface area contributed by atoms with Crippen LogP contribution in [-0.4, -0.2) is 39.0 Å². The molecule has 0 radical (unpaired) electrons. The fourth-order valence-electron chi connectivity index (χ4n) is 3.15. The number of rotatable bonds is 16. The number of nitro groups is 1. The van der Waals surface area contributed by atoms with Gasteiger partial charge in [-0.3, -0.25) is 14.9 Å². The number of hydrogen-bond acceptors (Lipinski definition) is 5. The number of aliphatic hydroxyl groups excluding tert-OH is 2. The van der Waals surface area contributed by atoms with E-state index >= 15 is 0 Å². The number of benzene rings is 1. The largest absolute Gasteiger partial charge is 0.394 e. The average Bonchev–Trinajstić information content (AvgIpc) is 2.73. The van der Waals surface area contributed by atoms with Crippen molar-refractivity contribution < 1.29 is 19.9 Å². The molecule has 1 rings (SSSR count). The van der Waals surface area contributed by atoms with E-state index in [9.17, 15) is 25.1 Å². The summed E-state index contributed by atoms with van der Waals surface area (Å²) in [6.45, 7) is -0.418. The minimum absolute atomic E-state index is 0.0792. The first-order valence-corrected chi connectivity index (χ1v) is 11.5. The number of unbranched alkanes of at least 4 members (excludes halogenated alkanes) is 8. The Morgan fingerprint density at radius 1 is 1.00 bits per heavy atom. The molecule has 2 atom stereocenters. The van der Waals surface area contributed by atoms with Crippen LogP contribution in [0.5, 0.6) is 0 Å². The maximum absolute atomic E-state index is 12.1. The molecule has 3 N–H and O–H groups in total. The van der Waals surface area contributed by atoms with Crippen molar-refractivity contribution in [2.45, 2.75) is 76.4 Å². The highest BCUT2D eigenvalue weighted by atomic mass is 79.9. The molecule has 0 aliphatic heterocycles. The molecule has 0 fully saturated rings. The third-order valence-corrected chi connectivity index (χ3v) is 5.47. The lowest BCUT2D eigenvalue weighted by molar-refractivity contribution is -0.384. The van der Waals surface area contributed by atoms with Crippen molar-refractivity contribution in [3.8, 4) is 0 Å². The van der Waals surface area contributed by atoms with Gasteiger partial charge in [-0.15, -0.1) is 0 Å². The van der Waals surface area contributed by atoms with E-state index in [1.54, 1.807) is 0 Å². The third-order valence-electron chi connectivity index (χ3n) is 4.91. The summed E-state index contributed by atoms with van der Waals surface area (Å²) in [7, 11) is 0. The Labute approximate surface area is 181 Å². The lowest BCUT2D eigenvalue weighted by Crippen LogP contribution is -2.41. The van der Waals surface area contributed by atoms with E-state index in [0.717, 1.165) is 24.6 Å². The minimum Gasteiger partial charge on any atom is -0.394 e. The van der Waals surface area contributed by atoms with Gasteiger partial charge >= 0.3 is 0 Å². The van der Waals surface area contributed by atoms with Crippen molar-refractivity contribution >= 4 is 27.5 Å². The van der Waals surface area contributed by atoms with Crippen LogP contribution in [0.1, 0.15) is 75.9 Å². The molecule has 0 aliphatic carbocycles. The predicted octanol–water partition coefficient (Wildman–Crippen LogP) is 4.40. The number of carbonyl (C=O) groups is 1. The molecular formula is C21H33BrN2O5. The molecule has 8 heteroatoms. The molecule has 0 spiro atoms. The standard InChI is InChI=1S/C21H33BrN2O5/c22-15-9-7-5-3-1-2-4-6-8-10-20(26)23-19(16-25)21(27)17-11-13-18(14-12-17)24(28)29/h11-14,19,21,25,27H,1-10,15-16H2,(H,23,26)/t19-,21-/m1/s1. The number of non-ortho nitro benzene ring substituents is 1. The summed E-state index contributed by atoms with van der Waals surface area (Å²) in [6.07, 6.45) is 9.61. The molecule has 0 bridgehead atoms. The number of aliphatic hydroxyl groups is 2. The quantitative estimate of drug-likeness (QED) is 0.143. The molecule has 29 heavy (non-hydrogen) atoms. The van der Waals surface area contributed by atoms with Crippen LogP contribution in [0, 0.1) is 10.1 Å². The highest BCUT2D eigenvalue weighted by molar-refractivity contribution is 9.09. The Balaban J connectivity index is 2.24. The second-order valence-corrected chi connectivity index (χ2v) is 8.06. The van der Waals surface area contributed by atoms with Crippen LogP contribution in [0.2, 0.25) is 0 Å². The molecule has 0 saturated carbocycles. The van der Waals surface area contributed by atoms with E-state index in [1.807, 2.05) is 0 Å². The van der Waals surface area contributed by atoms with Crippen molar-refractivity contribution in [2.24, 2.45) is 0 Å². The number of carbonyl (C=O) groups excluding carboxylic acids is 1. The van der Waals surface area contributed by atoms with Crippen molar-refractivity contribution in [1.82, 2.24) is 5.32 Å². The minimum atomic E-state index is -1.13. The van der Waals surface area contributed by atoms with Crippen LogP contribution >= 0.6 is 15.9 Å². The molecule has 0 aromatic heterocycles. The lowest BCUT2D eigenvalue weighted by atomic mass is 10.0. The van der Waals surface area contributed by atoms with Crippen LogP contribution in [0.25, 0.3) is 0 Å². The molecular weight excluding hydrogens is 440 g/mol. The molecule has 1 amide bonds. The van der Waals surface area contributed by atoms with E-state index in [1.165, 1.54) is 62.8 Å². The zero-order chi connectivity index (χ0) is 21.5. The topological polar surface area (TPSA) is 113 Å². The summed E-state index contributed by atoms with van der Waals surface area (Å²) in [5.41, 5.74) is 0.329. The third kappa shape index (κ3) is 10.7. The number of nitrogens with one attached hydrogen (secondary N) is 1. The van der Waals surface area contributed by atoms with Gasteiger partial charge in [0.05, 0.1) is 17.6 Å². The Kier molecular flexibility index (Phi) is 13.5. The Bertz CT molecular complexity index is 597. The monoisotopic (exact) mass is 472 g/mol. The summed E-state index contributed by atoms with van der Waals surface area (Å²) >= 11 is 3.44. The van der Waals surface area contributed by atoms with Crippen LogP contribution in [0.15, 0.2) is 24.3 Å². The van der Waals surface area contributed by atoms with E-state index in [2.05, 4.69) is 21.2 Å². The molecule has 7 nitrogen and oxygen atoms in total.